The van der Waals surface area contributed by atoms with Gasteiger partial charge in [-0.3, -0.25) is 0 Å². The second kappa shape index (κ2) is 17.9. The maximum absolute atomic E-state index is 11.8. The van der Waals surface area contributed by atoms with Crippen molar-refractivity contribution in [3.8, 4) is 11.5 Å². The highest BCUT2D eigenvalue weighted by Crippen LogP contribution is 2.43. The van der Waals surface area contributed by atoms with E-state index in [1.165, 1.54) is 24.8 Å². The number of ether oxygens (including phenoxy) is 2. The molecule has 0 amide bonds. The first kappa shape index (κ1) is 42.4. The molecule has 8 nitrogen and oxygen atoms in total. The number of rotatable bonds is 13. The number of hydrogen-bond acceptors (Lipinski definition) is 8. The molecule has 0 aromatic heterocycles. The standard InChI is InChI=1S/C52H57N3O5/c1-29-23-47(54-56)33(5)19-43(29)51(45-21-35(7)49(25-31(45)3)59-37(9)58-42-13-11-10-12-14-42)40-17-15-39-28-41(18-16-38(39)27-40)52(44-20-34(6)48(55-57)24-30(44)2)46-22-36(8)50(60-53)26-32(46)4/h15-28,37,42,51-52H,10-14,53H2,1-9H3. The summed E-state index contributed by atoms with van der Waals surface area (Å²) in [6.45, 7) is 18.3. The van der Waals surface area contributed by atoms with Crippen molar-refractivity contribution in [1.82, 2.24) is 0 Å². The van der Waals surface area contributed by atoms with Gasteiger partial charge in [-0.2, -0.15) is 5.90 Å². The number of nitrogens with zero attached hydrogens (tertiary/aromatic N) is 2. The largest absolute Gasteiger partial charge is 0.465 e. The highest BCUT2D eigenvalue weighted by atomic mass is 16.7. The fourth-order valence-corrected chi connectivity index (χ4v) is 9.34. The van der Waals surface area contributed by atoms with Crippen LogP contribution in [0, 0.1) is 65.2 Å². The van der Waals surface area contributed by atoms with Crippen molar-refractivity contribution in [2.75, 3.05) is 0 Å². The Morgan fingerprint density at radius 2 is 0.933 bits per heavy atom. The number of nitrogens with two attached hydrogens (primary N) is 1. The quantitative estimate of drug-likeness (QED) is 0.0538. The zero-order valence-electron chi connectivity index (χ0n) is 36.4. The zero-order chi connectivity index (χ0) is 42.8. The maximum atomic E-state index is 11.8. The van der Waals surface area contributed by atoms with Crippen LogP contribution in [0.5, 0.6) is 11.5 Å². The van der Waals surface area contributed by atoms with Crippen molar-refractivity contribution >= 4 is 22.1 Å². The fraction of sp³-hybridized carbons (Fsp3) is 0.346. The van der Waals surface area contributed by atoms with Crippen molar-refractivity contribution in [2.45, 2.75) is 119 Å². The summed E-state index contributed by atoms with van der Waals surface area (Å²) >= 11 is 0. The second-order valence-electron chi connectivity index (χ2n) is 17.1. The molecule has 3 atom stereocenters. The van der Waals surface area contributed by atoms with Gasteiger partial charge in [0.2, 0.25) is 0 Å². The lowest BCUT2D eigenvalue weighted by molar-refractivity contribution is -0.117. The van der Waals surface area contributed by atoms with E-state index in [9.17, 15) is 9.81 Å². The first-order chi connectivity index (χ1) is 28.8. The molecule has 2 N–H and O–H groups in total. The van der Waals surface area contributed by atoms with Crippen LogP contribution >= 0.6 is 0 Å². The molecule has 1 aliphatic rings. The predicted octanol–water partition coefficient (Wildman–Crippen LogP) is 13.8. The number of benzene rings is 6. The number of aryl methyl sites for hydroxylation is 8. The molecule has 8 heteroatoms. The van der Waals surface area contributed by atoms with Gasteiger partial charge in [-0.05, 0) is 198 Å². The SMILES string of the molecule is Cc1cc(C(c2ccc3cc(C(c4cc(C)c(N=O)cc4C)c4cc(C)c(OC(C)OC5CCCCC5)cc4C)ccc3c2)c2cc(C)c(ON)cc2C)c(C)cc1N=O. The molecule has 0 aliphatic heterocycles. The van der Waals surface area contributed by atoms with Gasteiger partial charge < -0.3 is 14.3 Å². The summed E-state index contributed by atoms with van der Waals surface area (Å²) in [6.07, 6.45) is 5.76. The van der Waals surface area contributed by atoms with Crippen LogP contribution in [0.3, 0.4) is 0 Å². The molecule has 1 saturated carbocycles. The van der Waals surface area contributed by atoms with Gasteiger partial charge in [-0.1, -0.05) is 79.9 Å². The van der Waals surface area contributed by atoms with Crippen LogP contribution in [-0.4, -0.2) is 12.4 Å². The molecule has 0 saturated heterocycles. The summed E-state index contributed by atoms with van der Waals surface area (Å²) in [5.41, 5.74) is 15.5. The molecule has 1 aliphatic carbocycles. The third-order valence-electron chi connectivity index (χ3n) is 12.6. The Kier molecular flexibility index (Phi) is 12.6. The molecule has 3 unspecified atom stereocenters. The Morgan fingerprint density at radius 3 is 1.38 bits per heavy atom. The van der Waals surface area contributed by atoms with Crippen LogP contribution in [-0.2, 0) is 4.74 Å². The molecular weight excluding hydrogens is 747 g/mol. The Balaban J connectivity index is 1.33. The second-order valence-corrected chi connectivity index (χ2v) is 17.1. The van der Waals surface area contributed by atoms with E-state index in [1.807, 2.05) is 52.8 Å². The fourth-order valence-electron chi connectivity index (χ4n) is 9.34. The molecule has 6 aromatic carbocycles. The Hall–Kier alpha value is -5.70. The Morgan fingerprint density at radius 1 is 0.517 bits per heavy atom. The summed E-state index contributed by atoms with van der Waals surface area (Å²) in [5, 5.41) is 8.83. The maximum Gasteiger partial charge on any atom is 0.197 e. The summed E-state index contributed by atoms with van der Waals surface area (Å²) in [7, 11) is 0. The molecule has 310 valence electrons. The molecule has 60 heavy (non-hydrogen) atoms. The number of nitroso groups, excluding NO2 is 2. The first-order valence-electron chi connectivity index (χ1n) is 21.1. The highest BCUT2D eigenvalue weighted by Gasteiger charge is 2.27. The van der Waals surface area contributed by atoms with Gasteiger partial charge in [-0.15, -0.1) is 9.81 Å². The molecule has 0 bridgehead atoms. The van der Waals surface area contributed by atoms with Crippen molar-refractivity contribution < 1.29 is 14.3 Å². The third-order valence-corrected chi connectivity index (χ3v) is 12.6. The van der Waals surface area contributed by atoms with Crippen LogP contribution < -0.4 is 15.5 Å². The van der Waals surface area contributed by atoms with Gasteiger partial charge in [0.1, 0.15) is 22.9 Å². The summed E-state index contributed by atoms with van der Waals surface area (Å²) in [4.78, 5) is 28.7. The Bertz CT molecular complexity index is 2590. The lowest BCUT2D eigenvalue weighted by Gasteiger charge is -2.28. The van der Waals surface area contributed by atoms with E-state index in [1.54, 1.807) is 0 Å². The predicted molar refractivity (Wildman–Crippen MR) is 243 cm³/mol. The van der Waals surface area contributed by atoms with Crippen LogP contribution in [0.25, 0.3) is 10.8 Å². The monoisotopic (exact) mass is 803 g/mol. The van der Waals surface area contributed by atoms with Crippen LogP contribution in [0.1, 0.15) is 129 Å². The number of fused-ring (bicyclic) bond motifs is 1. The van der Waals surface area contributed by atoms with E-state index in [0.717, 1.165) is 102 Å². The minimum atomic E-state index is -0.348. The van der Waals surface area contributed by atoms with Gasteiger partial charge in [0, 0.05) is 11.8 Å². The van der Waals surface area contributed by atoms with E-state index in [4.69, 9.17) is 20.2 Å². The van der Waals surface area contributed by atoms with Crippen molar-refractivity contribution in [1.29, 1.82) is 0 Å². The first-order valence-corrected chi connectivity index (χ1v) is 21.1. The summed E-state index contributed by atoms with van der Waals surface area (Å²) < 4.78 is 12.8. The van der Waals surface area contributed by atoms with E-state index in [2.05, 4.69) is 105 Å². The van der Waals surface area contributed by atoms with Gasteiger partial charge in [0.25, 0.3) is 0 Å². The minimum absolute atomic E-state index is 0.130. The molecule has 0 spiro atoms. The van der Waals surface area contributed by atoms with Gasteiger partial charge in [-0.25, -0.2) is 0 Å². The minimum Gasteiger partial charge on any atom is -0.465 e. The zero-order valence-corrected chi connectivity index (χ0v) is 36.4. The molecule has 0 radical (unpaired) electrons. The summed E-state index contributed by atoms with van der Waals surface area (Å²) in [6, 6.07) is 30.0. The molecule has 1 fully saturated rings. The average Bonchev–Trinajstić information content (AvgIpc) is 3.23. The van der Waals surface area contributed by atoms with Crippen molar-refractivity contribution in [3.63, 3.8) is 0 Å². The van der Waals surface area contributed by atoms with Crippen LogP contribution in [0.15, 0.2) is 95.3 Å². The lowest BCUT2D eigenvalue weighted by Crippen LogP contribution is -2.26. The lowest BCUT2D eigenvalue weighted by atomic mass is 9.78. The van der Waals surface area contributed by atoms with Crippen molar-refractivity contribution in [2.24, 2.45) is 16.3 Å². The van der Waals surface area contributed by atoms with Crippen LogP contribution in [0.2, 0.25) is 0 Å². The van der Waals surface area contributed by atoms with E-state index < -0.39 is 0 Å². The third kappa shape index (κ3) is 8.63. The van der Waals surface area contributed by atoms with Crippen LogP contribution in [0.4, 0.5) is 11.4 Å². The van der Waals surface area contributed by atoms with Gasteiger partial charge in [0.05, 0.1) is 6.10 Å². The molecule has 6 aromatic rings. The van der Waals surface area contributed by atoms with Gasteiger partial charge in [0.15, 0.2) is 6.29 Å². The van der Waals surface area contributed by atoms with Crippen molar-refractivity contribution in [3.05, 3.63) is 173 Å². The smallest absolute Gasteiger partial charge is 0.197 e. The Labute approximate surface area is 354 Å². The van der Waals surface area contributed by atoms with E-state index in [-0.39, 0.29) is 24.2 Å². The molecule has 0 heterocycles. The summed E-state index contributed by atoms with van der Waals surface area (Å²) in [5.74, 6) is 6.84. The molecular formula is C52H57N3O5. The van der Waals surface area contributed by atoms with E-state index >= 15 is 0 Å². The molecule has 7 rings (SSSR count). The number of hydrogen-bond donors (Lipinski definition) is 1. The van der Waals surface area contributed by atoms with Gasteiger partial charge >= 0.3 is 0 Å². The normalized spacial score (nSPS) is 14.8. The topological polar surface area (TPSA) is 113 Å². The highest BCUT2D eigenvalue weighted by molar-refractivity contribution is 5.85. The average molecular weight is 804 g/mol. The van der Waals surface area contributed by atoms with E-state index in [0.29, 0.717) is 17.1 Å².